The molecule has 2 aliphatic rings. The summed E-state index contributed by atoms with van der Waals surface area (Å²) in [5, 5.41) is 3.20. The van der Waals surface area contributed by atoms with E-state index in [0.29, 0.717) is 44.1 Å². The Bertz CT molecular complexity index is 648. The molecular formula is C17H24N4O3. The highest BCUT2D eigenvalue weighted by Gasteiger charge is 2.53. The molecule has 1 aromatic rings. The van der Waals surface area contributed by atoms with Gasteiger partial charge < -0.3 is 20.7 Å². The van der Waals surface area contributed by atoms with Gasteiger partial charge in [0.15, 0.2) is 0 Å². The van der Waals surface area contributed by atoms with Crippen molar-refractivity contribution in [2.75, 3.05) is 31.6 Å². The summed E-state index contributed by atoms with van der Waals surface area (Å²) in [6.45, 7) is 5.80. The highest BCUT2D eigenvalue weighted by atomic mass is 16.5. The Kier molecular flexibility index (Phi) is 4.45. The summed E-state index contributed by atoms with van der Waals surface area (Å²) in [4.78, 5) is 31.1. The van der Waals surface area contributed by atoms with Crippen molar-refractivity contribution in [1.29, 1.82) is 0 Å². The van der Waals surface area contributed by atoms with Crippen molar-refractivity contribution in [2.45, 2.75) is 26.3 Å². The van der Waals surface area contributed by atoms with Crippen molar-refractivity contribution >= 4 is 17.6 Å². The summed E-state index contributed by atoms with van der Waals surface area (Å²) in [6, 6.07) is 3.67. The van der Waals surface area contributed by atoms with E-state index >= 15 is 0 Å². The molecular weight excluding hydrogens is 308 g/mol. The number of aromatic nitrogens is 1. The van der Waals surface area contributed by atoms with Crippen LogP contribution >= 0.6 is 0 Å². The van der Waals surface area contributed by atoms with Crippen molar-refractivity contribution in [3.05, 3.63) is 23.9 Å². The van der Waals surface area contributed by atoms with Gasteiger partial charge in [-0.3, -0.25) is 9.59 Å². The van der Waals surface area contributed by atoms with Crippen molar-refractivity contribution in [3.63, 3.8) is 0 Å². The first-order valence-electron chi connectivity index (χ1n) is 8.32. The van der Waals surface area contributed by atoms with Gasteiger partial charge in [-0.05, 0) is 32.4 Å². The van der Waals surface area contributed by atoms with Gasteiger partial charge in [0.25, 0.3) is 5.91 Å². The maximum absolute atomic E-state index is 13.0. The number of hydrogen-bond donors (Lipinski definition) is 2. The zero-order chi connectivity index (χ0) is 17.3. The number of carbonyl (C=O) groups is 2. The number of nitrogens with two attached hydrogens (primary N) is 1. The second kappa shape index (κ2) is 6.39. The third-order valence-corrected chi connectivity index (χ3v) is 4.95. The molecule has 7 heteroatoms. The van der Waals surface area contributed by atoms with Crippen LogP contribution in [0.25, 0.3) is 0 Å². The van der Waals surface area contributed by atoms with Crippen LogP contribution in [-0.4, -0.2) is 54.0 Å². The summed E-state index contributed by atoms with van der Waals surface area (Å²) in [5.74, 6) is 0.0710. The van der Waals surface area contributed by atoms with Crippen LogP contribution in [0.3, 0.4) is 0 Å². The lowest BCUT2D eigenvalue weighted by Crippen LogP contribution is -2.48. The number of ether oxygens (including phenoxy) is 1. The van der Waals surface area contributed by atoms with E-state index in [1.165, 1.54) is 0 Å². The minimum atomic E-state index is -0.665. The van der Waals surface area contributed by atoms with Crippen molar-refractivity contribution in [2.24, 2.45) is 17.1 Å². The molecule has 1 aromatic heterocycles. The second-order valence-electron chi connectivity index (χ2n) is 6.93. The van der Waals surface area contributed by atoms with Crippen LogP contribution in [0.1, 0.15) is 30.6 Å². The monoisotopic (exact) mass is 332 g/mol. The molecule has 2 atom stereocenters. The Hall–Kier alpha value is -2.15. The molecule has 7 nitrogen and oxygen atoms in total. The molecule has 3 heterocycles. The fourth-order valence-corrected chi connectivity index (χ4v) is 3.64. The molecule has 0 radical (unpaired) electrons. The molecule has 24 heavy (non-hydrogen) atoms. The molecule has 3 rings (SSSR count). The van der Waals surface area contributed by atoms with Crippen LogP contribution in [0.5, 0.6) is 0 Å². The van der Waals surface area contributed by atoms with Gasteiger partial charge in [0.2, 0.25) is 5.91 Å². The Morgan fingerprint density at radius 3 is 2.96 bits per heavy atom. The Labute approximate surface area is 141 Å². The number of pyridine rings is 1. The minimum Gasteiger partial charge on any atom is -0.381 e. The van der Waals surface area contributed by atoms with Crippen molar-refractivity contribution in [1.82, 2.24) is 9.88 Å². The summed E-state index contributed by atoms with van der Waals surface area (Å²) < 4.78 is 5.50. The fraction of sp³-hybridized carbons (Fsp3) is 0.588. The largest absolute Gasteiger partial charge is 0.381 e. The second-order valence-corrected chi connectivity index (χ2v) is 6.93. The summed E-state index contributed by atoms with van der Waals surface area (Å²) in [5.41, 5.74) is 5.54. The zero-order valence-corrected chi connectivity index (χ0v) is 14.1. The van der Waals surface area contributed by atoms with Gasteiger partial charge in [-0.2, -0.15) is 0 Å². The Balaban J connectivity index is 1.86. The Morgan fingerprint density at radius 2 is 2.29 bits per heavy atom. The number of primary amides is 1. The van der Waals surface area contributed by atoms with E-state index in [1.807, 2.05) is 13.8 Å². The van der Waals surface area contributed by atoms with E-state index in [4.69, 9.17) is 10.5 Å². The van der Waals surface area contributed by atoms with E-state index in [2.05, 4.69) is 10.3 Å². The number of hydrogen-bond acceptors (Lipinski definition) is 5. The van der Waals surface area contributed by atoms with Crippen LogP contribution in [0.4, 0.5) is 5.82 Å². The molecule has 2 fully saturated rings. The van der Waals surface area contributed by atoms with Crippen LogP contribution in [0, 0.1) is 11.3 Å². The molecule has 2 aliphatic heterocycles. The third kappa shape index (κ3) is 2.84. The quantitative estimate of drug-likeness (QED) is 0.852. The normalized spacial score (nSPS) is 26.3. The molecule has 0 unspecified atom stereocenters. The zero-order valence-electron chi connectivity index (χ0n) is 14.1. The number of anilines is 1. The van der Waals surface area contributed by atoms with E-state index in [0.717, 1.165) is 0 Å². The van der Waals surface area contributed by atoms with Crippen LogP contribution in [0.2, 0.25) is 0 Å². The standard InChI is InChI=1S/C17H24N4O3/c1-11(2)20-14-13(4-3-6-19-14)15(22)21-8-12-9-24-7-5-17(12,10-21)16(18)23/h3-4,6,11-12H,5,7-10H2,1-2H3,(H2,18,23)(H,19,20)/t12-,17+/m1/s1. The highest BCUT2D eigenvalue weighted by Crippen LogP contribution is 2.42. The van der Waals surface area contributed by atoms with Gasteiger partial charge in [0.05, 0.1) is 17.6 Å². The molecule has 2 amide bonds. The Morgan fingerprint density at radius 1 is 1.50 bits per heavy atom. The fourth-order valence-electron chi connectivity index (χ4n) is 3.64. The van der Waals surface area contributed by atoms with E-state index in [1.54, 1.807) is 23.2 Å². The van der Waals surface area contributed by atoms with Crippen molar-refractivity contribution < 1.29 is 14.3 Å². The highest BCUT2D eigenvalue weighted by molar-refractivity contribution is 5.99. The van der Waals surface area contributed by atoms with Gasteiger partial charge in [0, 0.05) is 37.9 Å². The smallest absolute Gasteiger partial charge is 0.257 e. The third-order valence-electron chi connectivity index (χ3n) is 4.95. The summed E-state index contributed by atoms with van der Waals surface area (Å²) >= 11 is 0. The number of nitrogens with one attached hydrogen (secondary N) is 1. The molecule has 0 bridgehead atoms. The number of rotatable bonds is 4. The lowest BCUT2D eigenvalue weighted by molar-refractivity contribution is -0.135. The van der Waals surface area contributed by atoms with Gasteiger partial charge in [-0.1, -0.05) is 0 Å². The lowest BCUT2D eigenvalue weighted by atomic mass is 9.74. The topological polar surface area (TPSA) is 97.6 Å². The number of likely N-dealkylation sites (tertiary alicyclic amines) is 1. The molecule has 3 N–H and O–H groups in total. The van der Waals surface area contributed by atoms with Crippen molar-refractivity contribution in [3.8, 4) is 0 Å². The first kappa shape index (κ1) is 16.7. The number of carbonyl (C=O) groups excluding carboxylic acids is 2. The minimum absolute atomic E-state index is 0.0362. The number of amides is 2. The van der Waals surface area contributed by atoms with Crippen LogP contribution in [0.15, 0.2) is 18.3 Å². The van der Waals surface area contributed by atoms with Gasteiger partial charge in [0.1, 0.15) is 5.82 Å². The average molecular weight is 332 g/mol. The van der Waals surface area contributed by atoms with Crippen LogP contribution in [-0.2, 0) is 9.53 Å². The number of fused-ring (bicyclic) bond motifs is 1. The maximum Gasteiger partial charge on any atom is 0.257 e. The molecule has 130 valence electrons. The first-order chi connectivity index (χ1) is 11.4. The summed E-state index contributed by atoms with van der Waals surface area (Å²) in [6.07, 6.45) is 2.23. The molecule has 0 saturated carbocycles. The van der Waals surface area contributed by atoms with Gasteiger partial charge in [-0.25, -0.2) is 4.98 Å². The predicted molar refractivity (Wildman–Crippen MR) is 89.5 cm³/mol. The maximum atomic E-state index is 13.0. The SMILES string of the molecule is CC(C)Nc1ncccc1C(=O)N1C[C@@H]2COCC[C@]2(C(N)=O)C1. The summed E-state index contributed by atoms with van der Waals surface area (Å²) in [7, 11) is 0. The number of nitrogens with zero attached hydrogens (tertiary/aromatic N) is 2. The predicted octanol–water partition coefficient (Wildman–Crippen LogP) is 0.866. The molecule has 2 saturated heterocycles. The first-order valence-corrected chi connectivity index (χ1v) is 8.32. The molecule has 0 aliphatic carbocycles. The average Bonchev–Trinajstić information content (AvgIpc) is 2.95. The molecule has 0 spiro atoms. The van der Waals surface area contributed by atoms with Gasteiger partial charge >= 0.3 is 0 Å². The van der Waals surface area contributed by atoms with Gasteiger partial charge in [-0.15, -0.1) is 0 Å². The van der Waals surface area contributed by atoms with Crippen LogP contribution < -0.4 is 11.1 Å². The van der Waals surface area contributed by atoms with E-state index in [-0.39, 0.29) is 23.8 Å². The lowest BCUT2D eigenvalue weighted by Gasteiger charge is -2.34. The van der Waals surface area contributed by atoms with E-state index < -0.39 is 5.41 Å². The van der Waals surface area contributed by atoms with E-state index in [9.17, 15) is 9.59 Å². The molecule has 0 aromatic carbocycles.